The predicted octanol–water partition coefficient (Wildman–Crippen LogP) is 3.98. The van der Waals surface area contributed by atoms with Crippen molar-refractivity contribution < 1.29 is 0 Å². The van der Waals surface area contributed by atoms with E-state index >= 15 is 0 Å². The monoisotopic (exact) mass is 290 g/mol. The van der Waals surface area contributed by atoms with E-state index in [2.05, 4.69) is 14.1 Å². The molecule has 1 aromatic heterocycles. The van der Waals surface area contributed by atoms with Crippen LogP contribution in [0.25, 0.3) is 11.0 Å². The van der Waals surface area contributed by atoms with E-state index < -0.39 is 0 Å². The third kappa shape index (κ3) is 2.34. The van der Waals surface area contributed by atoms with Gasteiger partial charge in [-0.3, -0.25) is 0 Å². The van der Waals surface area contributed by atoms with Crippen LogP contribution in [0, 0.1) is 6.92 Å². The summed E-state index contributed by atoms with van der Waals surface area (Å²) in [5, 5.41) is 3.89. The van der Waals surface area contributed by atoms with Gasteiger partial charge in [-0.2, -0.15) is 8.75 Å². The molecule has 4 nitrogen and oxygen atoms in total. The predicted molar refractivity (Wildman–Crippen MR) is 81.3 cm³/mol. The first-order chi connectivity index (χ1) is 9.13. The van der Waals surface area contributed by atoms with E-state index in [-0.39, 0.29) is 0 Å². The summed E-state index contributed by atoms with van der Waals surface area (Å²) in [4.78, 5) is 0. The number of nitrogens with zero attached hydrogens (tertiary/aromatic N) is 2. The highest BCUT2D eigenvalue weighted by Crippen LogP contribution is 2.33. The number of benzene rings is 2. The average molecular weight is 291 g/mol. The second-order valence-electron chi connectivity index (χ2n) is 4.31. The summed E-state index contributed by atoms with van der Waals surface area (Å²) in [5.74, 6) is 0. The molecule has 0 atom stereocenters. The lowest BCUT2D eigenvalue weighted by Gasteiger charge is -2.10. The molecule has 0 radical (unpaired) electrons. The Morgan fingerprint density at radius 3 is 2.84 bits per heavy atom. The number of anilines is 3. The minimum atomic E-state index is 0.611. The maximum absolute atomic E-state index is 6.23. The molecule has 0 unspecified atom stereocenters. The van der Waals surface area contributed by atoms with Crippen molar-refractivity contribution >= 4 is 51.4 Å². The van der Waals surface area contributed by atoms with Crippen LogP contribution in [0.3, 0.4) is 0 Å². The molecule has 0 spiro atoms. The van der Waals surface area contributed by atoms with Crippen molar-refractivity contribution in [3.05, 3.63) is 40.9 Å². The number of nitrogens with two attached hydrogens (primary N) is 1. The molecular weight excluding hydrogens is 280 g/mol. The molecule has 6 heteroatoms. The number of fused-ring (bicyclic) bond motifs is 1. The van der Waals surface area contributed by atoms with Gasteiger partial charge in [-0.05, 0) is 42.8 Å². The standard InChI is InChI=1S/C13H11ClN4S/c1-7-4-8(15)6-9(5-7)16-12-10(14)2-3-11-13(12)18-19-17-11/h2-6,16H,15H2,1H3. The smallest absolute Gasteiger partial charge is 0.129 e. The molecule has 3 N–H and O–H groups in total. The fraction of sp³-hybridized carbons (Fsp3) is 0.0769. The van der Waals surface area contributed by atoms with E-state index in [1.54, 1.807) is 0 Å². The van der Waals surface area contributed by atoms with Gasteiger partial charge < -0.3 is 11.1 Å². The molecular formula is C13H11ClN4S. The van der Waals surface area contributed by atoms with E-state index in [1.807, 2.05) is 37.3 Å². The van der Waals surface area contributed by atoms with Crippen LogP contribution in [0.2, 0.25) is 5.02 Å². The number of hydrogen-bond acceptors (Lipinski definition) is 5. The Morgan fingerprint density at radius 1 is 1.21 bits per heavy atom. The minimum absolute atomic E-state index is 0.611. The summed E-state index contributed by atoms with van der Waals surface area (Å²) >= 11 is 7.40. The zero-order valence-corrected chi connectivity index (χ0v) is 11.7. The zero-order valence-electron chi connectivity index (χ0n) is 10.1. The highest BCUT2D eigenvalue weighted by atomic mass is 35.5. The number of hydrogen-bond donors (Lipinski definition) is 2. The van der Waals surface area contributed by atoms with Crippen molar-refractivity contribution in [3.8, 4) is 0 Å². The van der Waals surface area contributed by atoms with E-state index in [9.17, 15) is 0 Å². The van der Waals surface area contributed by atoms with Crippen molar-refractivity contribution in [1.82, 2.24) is 8.75 Å². The molecule has 3 rings (SSSR count). The molecule has 0 aliphatic heterocycles. The first-order valence-electron chi connectivity index (χ1n) is 5.68. The van der Waals surface area contributed by atoms with Gasteiger partial charge in [0.05, 0.1) is 22.4 Å². The Hall–Kier alpha value is -1.85. The van der Waals surface area contributed by atoms with Gasteiger partial charge >= 0.3 is 0 Å². The van der Waals surface area contributed by atoms with Gasteiger partial charge in [0.25, 0.3) is 0 Å². The summed E-state index contributed by atoms with van der Waals surface area (Å²) in [6, 6.07) is 9.45. The number of aromatic nitrogens is 2. The number of rotatable bonds is 2. The normalized spacial score (nSPS) is 10.8. The molecule has 0 saturated heterocycles. The second-order valence-corrected chi connectivity index (χ2v) is 5.25. The lowest BCUT2D eigenvalue weighted by Crippen LogP contribution is -1.95. The van der Waals surface area contributed by atoms with E-state index in [0.717, 1.165) is 28.0 Å². The van der Waals surface area contributed by atoms with E-state index in [0.29, 0.717) is 10.7 Å². The summed E-state index contributed by atoms with van der Waals surface area (Å²) in [6.07, 6.45) is 0. The topological polar surface area (TPSA) is 63.8 Å². The first-order valence-corrected chi connectivity index (χ1v) is 6.79. The van der Waals surface area contributed by atoms with Crippen molar-refractivity contribution in [1.29, 1.82) is 0 Å². The van der Waals surface area contributed by atoms with Gasteiger partial charge in [0, 0.05) is 11.4 Å². The van der Waals surface area contributed by atoms with Crippen molar-refractivity contribution in [2.75, 3.05) is 11.1 Å². The van der Waals surface area contributed by atoms with Crippen molar-refractivity contribution in [2.24, 2.45) is 0 Å². The molecule has 0 aliphatic carbocycles. The first kappa shape index (κ1) is 12.2. The summed E-state index contributed by atoms with van der Waals surface area (Å²) in [7, 11) is 0. The molecule has 0 aliphatic rings. The fourth-order valence-electron chi connectivity index (χ4n) is 1.97. The highest BCUT2D eigenvalue weighted by molar-refractivity contribution is 7.00. The highest BCUT2D eigenvalue weighted by Gasteiger charge is 2.10. The number of halogens is 1. The van der Waals surface area contributed by atoms with Crippen LogP contribution < -0.4 is 11.1 Å². The molecule has 0 amide bonds. The molecule has 1 heterocycles. The summed E-state index contributed by atoms with van der Waals surface area (Å²) < 4.78 is 8.48. The molecule has 0 saturated carbocycles. The number of nitrogen functional groups attached to an aromatic ring is 1. The molecule has 0 bridgehead atoms. The van der Waals surface area contributed by atoms with Crippen molar-refractivity contribution in [2.45, 2.75) is 6.92 Å². The second kappa shape index (κ2) is 4.68. The largest absolute Gasteiger partial charge is 0.399 e. The van der Waals surface area contributed by atoms with Gasteiger partial charge in [0.15, 0.2) is 0 Å². The maximum atomic E-state index is 6.23. The average Bonchev–Trinajstić information content (AvgIpc) is 2.80. The van der Waals surface area contributed by atoms with E-state index in [4.69, 9.17) is 17.3 Å². The SMILES string of the molecule is Cc1cc(N)cc(Nc2c(Cl)ccc3nsnc23)c1. The Kier molecular flexibility index (Phi) is 3.00. The van der Waals surface area contributed by atoms with Gasteiger partial charge in [0.1, 0.15) is 11.0 Å². The Labute approximate surface area is 119 Å². The van der Waals surface area contributed by atoms with Gasteiger partial charge in [-0.15, -0.1) is 0 Å². The third-order valence-electron chi connectivity index (χ3n) is 2.75. The van der Waals surface area contributed by atoms with Crippen LogP contribution in [0.15, 0.2) is 30.3 Å². The van der Waals surface area contributed by atoms with Crippen LogP contribution in [0.4, 0.5) is 17.1 Å². The van der Waals surface area contributed by atoms with Crippen LogP contribution in [0.5, 0.6) is 0 Å². The summed E-state index contributed by atoms with van der Waals surface area (Å²) in [6.45, 7) is 1.99. The Balaban J connectivity index is 2.09. The molecule has 0 fully saturated rings. The Morgan fingerprint density at radius 2 is 2.05 bits per heavy atom. The third-order valence-corrected chi connectivity index (χ3v) is 3.60. The van der Waals surface area contributed by atoms with Crippen molar-refractivity contribution in [3.63, 3.8) is 0 Å². The van der Waals surface area contributed by atoms with Crippen LogP contribution in [-0.4, -0.2) is 8.75 Å². The molecule has 19 heavy (non-hydrogen) atoms. The van der Waals surface area contributed by atoms with Gasteiger partial charge in [0.2, 0.25) is 0 Å². The molecule has 96 valence electrons. The van der Waals surface area contributed by atoms with Crippen LogP contribution in [-0.2, 0) is 0 Å². The quantitative estimate of drug-likeness (QED) is 0.701. The number of aryl methyl sites for hydroxylation is 1. The molecule has 3 aromatic rings. The van der Waals surface area contributed by atoms with Gasteiger partial charge in [-0.1, -0.05) is 11.6 Å². The summed E-state index contributed by atoms with van der Waals surface area (Å²) in [5.41, 5.74) is 10.9. The fourth-order valence-corrected chi connectivity index (χ4v) is 2.72. The maximum Gasteiger partial charge on any atom is 0.129 e. The lowest BCUT2D eigenvalue weighted by molar-refractivity contribution is 1.45. The number of nitrogens with one attached hydrogen (secondary N) is 1. The van der Waals surface area contributed by atoms with Crippen LogP contribution in [0.1, 0.15) is 5.56 Å². The minimum Gasteiger partial charge on any atom is -0.399 e. The molecule has 2 aromatic carbocycles. The van der Waals surface area contributed by atoms with Gasteiger partial charge in [-0.25, -0.2) is 0 Å². The van der Waals surface area contributed by atoms with E-state index in [1.165, 1.54) is 11.7 Å². The zero-order chi connectivity index (χ0) is 13.4. The Bertz CT molecular complexity index is 733. The lowest BCUT2D eigenvalue weighted by atomic mass is 10.2. The van der Waals surface area contributed by atoms with Crippen LogP contribution >= 0.6 is 23.3 Å².